The van der Waals surface area contributed by atoms with Crippen LogP contribution in [-0.2, 0) is 0 Å². The molecule has 2 heteroatoms. The molecule has 124 valence electrons. The number of nitrogens with one attached hydrogen (secondary N) is 1. The van der Waals surface area contributed by atoms with Gasteiger partial charge in [-0.05, 0) is 61.9 Å². The van der Waals surface area contributed by atoms with E-state index in [1.54, 1.807) is 0 Å². The summed E-state index contributed by atoms with van der Waals surface area (Å²) in [5, 5.41) is 3.90. The van der Waals surface area contributed by atoms with Crippen molar-refractivity contribution in [3.63, 3.8) is 0 Å². The minimum Gasteiger partial charge on any atom is -0.313 e. The number of rotatable bonds is 5. The van der Waals surface area contributed by atoms with E-state index in [0.717, 1.165) is 5.92 Å². The van der Waals surface area contributed by atoms with E-state index in [9.17, 15) is 0 Å². The topological polar surface area (TPSA) is 15.3 Å². The minimum atomic E-state index is 0.462. The van der Waals surface area contributed by atoms with Gasteiger partial charge >= 0.3 is 0 Å². The van der Waals surface area contributed by atoms with E-state index in [1.807, 2.05) is 0 Å². The molecular weight excluding hydrogens is 256 g/mol. The largest absolute Gasteiger partial charge is 0.313 e. The Morgan fingerprint density at radius 2 is 1.86 bits per heavy atom. The van der Waals surface area contributed by atoms with E-state index >= 15 is 0 Å². The predicted molar refractivity (Wildman–Crippen MR) is 92.7 cm³/mol. The normalized spacial score (nSPS) is 33.0. The van der Waals surface area contributed by atoms with E-state index in [0.29, 0.717) is 16.9 Å². The van der Waals surface area contributed by atoms with E-state index < -0.39 is 0 Å². The molecule has 2 atom stereocenters. The molecule has 1 aliphatic carbocycles. The fraction of sp³-hybridized carbons (Fsp3) is 1.00. The molecule has 0 bridgehead atoms. The zero-order chi connectivity index (χ0) is 15.5. The Morgan fingerprint density at radius 1 is 1.10 bits per heavy atom. The molecule has 1 saturated heterocycles. The summed E-state index contributed by atoms with van der Waals surface area (Å²) < 4.78 is 0. The molecule has 0 radical (unpaired) electrons. The van der Waals surface area contributed by atoms with Crippen LogP contribution in [0.15, 0.2) is 0 Å². The molecule has 0 aromatic rings. The van der Waals surface area contributed by atoms with E-state index in [1.165, 1.54) is 64.7 Å². The van der Waals surface area contributed by atoms with Crippen molar-refractivity contribution in [3.8, 4) is 0 Å². The molecule has 2 nitrogen and oxygen atoms in total. The first-order valence-corrected chi connectivity index (χ1v) is 9.30. The van der Waals surface area contributed by atoms with E-state index in [2.05, 4.69) is 44.8 Å². The molecular formula is C19H38N2. The third-order valence-corrected chi connectivity index (χ3v) is 5.80. The second kappa shape index (κ2) is 7.00. The summed E-state index contributed by atoms with van der Waals surface area (Å²) >= 11 is 0. The van der Waals surface area contributed by atoms with Crippen LogP contribution in [0.25, 0.3) is 0 Å². The van der Waals surface area contributed by atoms with Crippen molar-refractivity contribution in [1.29, 1.82) is 0 Å². The first-order valence-electron chi connectivity index (χ1n) is 9.30. The van der Waals surface area contributed by atoms with Crippen molar-refractivity contribution >= 4 is 0 Å². The van der Waals surface area contributed by atoms with Crippen LogP contribution < -0.4 is 5.32 Å². The lowest BCUT2D eigenvalue weighted by molar-refractivity contribution is 0.0481. The summed E-state index contributed by atoms with van der Waals surface area (Å²) in [7, 11) is 0. The van der Waals surface area contributed by atoms with Crippen molar-refractivity contribution in [1.82, 2.24) is 10.2 Å². The molecule has 1 N–H and O–H groups in total. The van der Waals surface area contributed by atoms with Gasteiger partial charge in [0.15, 0.2) is 0 Å². The molecule has 1 aliphatic heterocycles. The summed E-state index contributed by atoms with van der Waals surface area (Å²) in [6.07, 6.45) is 8.25. The van der Waals surface area contributed by atoms with Gasteiger partial charge in [0, 0.05) is 19.1 Å². The Hall–Kier alpha value is -0.0800. The Kier molecular flexibility index (Phi) is 5.76. The molecule has 0 amide bonds. The lowest BCUT2D eigenvalue weighted by Gasteiger charge is -2.48. The summed E-state index contributed by atoms with van der Waals surface area (Å²) in [4.78, 5) is 2.76. The third kappa shape index (κ3) is 4.69. The highest BCUT2D eigenvalue weighted by molar-refractivity contribution is 4.95. The average Bonchev–Trinajstić information content (AvgIpc) is 2.36. The van der Waals surface area contributed by atoms with Crippen LogP contribution in [0.3, 0.4) is 0 Å². The van der Waals surface area contributed by atoms with Crippen LogP contribution in [0.4, 0.5) is 0 Å². The van der Waals surface area contributed by atoms with Crippen molar-refractivity contribution in [2.75, 3.05) is 26.2 Å². The zero-order valence-corrected chi connectivity index (χ0v) is 15.2. The summed E-state index contributed by atoms with van der Waals surface area (Å²) in [5.74, 6) is 0.842. The van der Waals surface area contributed by atoms with Gasteiger partial charge in [0.05, 0.1) is 0 Å². The molecule has 0 aromatic carbocycles. The second-order valence-corrected chi connectivity index (χ2v) is 9.08. The number of hydrogen-bond donors (Lipinski definition) is 1. The number of likely N-dealkylation sites (tertiary alicyclic amines) is 1. The number of piperidine rings is 1. The van der Waals surface area contributed by atoms with Crippen LogP contribution >= 0.6 is 0 Å². The summed E-state index contributed by atoms with van der Waals surface area (Å²) in [6, 6.07) is 0.705. The van der Waals surface area contributed by atoms with Crippen LogP contribution in [0.2, 0.25) is 0 Å². The molecule has 2 aliphatic rings. The Labute approximate surface area is 133 Å². The second-order valence-electron chi connectivity index (χ2n) is 9.08. The monoisotopic (exact) mass is 294 g/mol. The van der Waals surface area contributed by atoms with Crippen molar-refractivity contribution in [3.05, 3.63) is 0 Å². The standard InChI is InChI=1S/C19H38N2/c1-6-12-20-17-16(9-7-11-19(17,4)5)14-21-13-8-10-18(2,3)15-21/h16-17,20H,6-15H2,1-5H3. The summed E-state index contributed by atoms with van der Waals surface area (Å²) in [6.45, 7) is 17.2. The molecule has 21 heavy (non-hydrogen) atoms. The lowest BCUT2D eigenvalue weighted by atomic mass is 9.67. The van der Waals surface area contributed by atoms with Crippen molar-refractivity contribution in [2.45, 2.75) is 79.2 Å². The van der Waals surface area contributed by atoms with Gasteiger partial charge in [0.2, 0.25) is 0 Å². The number of nitrogens with zero attached hydrogens (tertiary/aromatic N) is 1. The average molecular weight is 295 g/mol. The van der Waals surface area contributed by atoms with Gasteiger partial charge in [-0.25, -0.2) is 0 Å². The zero-order valence-electron chi connectivity index (χ0n) is 15.2. The van der Waals surface area contributed by atoms with Gasteiger partial charge < -0.3 is 10.2 Å². The smallest absolute Gasteiger partial charge is 0.0159 e. The Morgan fingerprint density at radius 3 is 2.52 bits per heavy atom. The predicted octanol–water partition coefficient (Wildman–Crippen LogP) is 4.30. The van der Waals surface area contributed by atoms with Crippen LogP contribution in [-0.4, -0.2) is 37.1 Å². The highest BCUT2D eigenvalue weighted by Gasteiger charge is 2.39. The SMILES string of the molecule is CCCNC1C(CN2CCCC(C)(C)C2)CCCC1(C)C. The molecule has 2 fully saturated rings. The van der Waals surface area contributed by atoms with Crippen LogP contribution in [0.5, 0.6) is 0 Å². The Balaban J connectivity index is 1.98. The first kappa shape index (κ1) is 17.3. The van der Waals surface area contributed by atoms with Gasteiger partial charge in [0.25, 0.3) is 0 Å². The van der Waals surface area contributed by atoms with Crippen molar-refractivity contribution in [2.24, 2.45) is 16.7 Å². The maximum Gasteiger partial charge on any atom is 0.0159 e. The number of hydrogen-bond acceptors (Lipinski definition) is 2. The third-order valence-electron chi connectivity index (χ3n) is 5.80. The lowest BCUT2D eigenvalue weighted by Crippen LogP contribution is -2.54. The molecule has 2 rings (SSSR count). The quantitative estimate of drug-likeness (QED) is 0.813. The van der Waals surface area contributed by atoms with E-state index in [-0.39, 0.29) is 0 Å². The molecule has 1 saturated carbocycles. The maximum absolute atomic E-state index is 3.90. The maximum atomic E-state index is 3.90. The highest BCUT2D eigenvalue weighted by Crippen LogP contribution is 2.40. The van der Waals surface area contributed by atoms with Gasteiger partial charge in [-0.15, -0.1) is 0 Å². The fourth-order valence-electron chi connectivity index (χ4n) is 4.75. The summed E-state index contributed by atoms with van der Waals surface area (Å²) in [5.41, 5.74) is 0.984. The first-order chi connectivity index (χ1) is 9.84. The molecule has 2 unspecified atom stereocenters. The van der Waals surface area contributed by atoms with Crippen LogP contribution in [0, 0.1) is 16.7 Å². The van der Waals surface area contributed by atoms with Crippen LogP contribution in [0.1, 0.15) is 73.1 Å². The van der Waals surface area contributed by atoms with Gasteiger partial charge in [-0.1, -0.05) is 41.0 Å². The van der Waals surface area contributed by atoms with Gasteiger partial charge in [-0.3, -0.25) is 0 Å². The van der Waals surface area contributed by atoms with E-state index in [4.69, 9.17) is 0 Å². The van der Waals surface area contributed by atoms with Crippen molar-refractivity contribution < 1.29 is 0 Å². The molecule has 1 heterocycles. The van der Waals surface area contributed by atoms with Gasteiger partial charge in [-0.2, -0.15) is 0 Å². The minimum absolute atomic E-state index is 0.462. The Bertz CT molecular complexity index is 322. The molecule has 0 spiro atoms. The fourth-order valence-corrected chi connectivity index (χ4v) is 4.75. The molecule has 0 aromatic heterocycles. The highest BCUT2D eigenvalue weighted by atomic mass is 15.1. The van der Waals surface area contributed by atoms with Gasteiger partial charge in [0.1, 0.15) is 0 Å².